The molecule has 0 spiro atoms. The molecule has 4 nitrogen and oxygen atoms in total. The lowest BCUT2D eigenvalue weighted by Crippen LogP contribution is -2.12. The molecule has 0 heterocycles. The summed E-state index contributed by atoms with van der Waals surface area (Å²) >= 11 is 0. The van der Waals surface area contributed by atoms with E-state index in [1.165, 1.54) is 0 Å². The molecule has 10 heavy (non-hydrogen) atoms. The molecule has 0 saturated heterocycles. The molecule has 56 valence electrons. The Bertz CT molecular complexity index is 150. The van der Waals surface area contributed by atoms with Gasteiger partial charge in [-0.15, -0.1) is 0 Å². The van der Waals surface area contributed by atoms with E-state index in [0.29, 0.717) is 6.42 Å². The Hall–Kier alpha value is -1.11. The van der Waals surface area contributed by atoms with Crippen LogP contribution in [0.1, 0.15) is 19.8 Å². The minimum Gasteiger partial charge on any atom is -0.265 e. The average molecular weight is 142 g/mol. The normalized spacial score (nSPS) is 12.0. The second-order valence-corrected chi connectivity index (χ2v) is 2.15. The van der Waals surface area contributed by atoms with Gasteiger partial charge in [0.2, 0.25) is 6.54 Å². The molecule has 0 aromatic carbocycles. The van der Waals surface area contributed by atoms with Crippen LogP contribution in [-0.4, -0.2) is 11.5 Å². The topological polar surface area (TPSA) is 66.9 Å². The van der Waals surface area contributed by atoms with Crippen LogP contribution in [0.25, 0.3) is 0 Å². The van der Waals surface area contributed by atoms with Crippen molar-refractivity contribution in [2.75, 3.05) is 6.54 Å². The van der Waals surface area contributed by atoms with Gasteiger partial charge >= 0.3 is 0 Å². The zero-order valence-electron chi connectivity index (χ0n) is 5.91. The molecule has 1 atom stereocenters. The summed E-state index contributed by atoms with van der Waals surface area (Å²) in [4.78, 5) is 9.57. The van der Waals surface area contributed by atoms with Crippen molar-refractivity contribution in [1.29, 1.82) is 5.26 Å². The first-order valence-electron chi connectivity index (χ1n) is 3.19. The first-order chi connectivity index (χ1) is 4.70. The lowest BCUT2D eigenvalue weighted by Gasteiger charge is -2.02. The fourth-order valence-corrected chi connectivity index (χ4v) is 0.678. The van der Waals surface area contributed by atoms with Crippen LogP contribution in [0.4, 0.5) is 0 Å². The maximum Gasteiger partial charge on any atom is 0.207 e. The van der Waals surface area contributed by atoms with Crippen molar-refractivity contribution in [2.24, 2.45) is 5.92 Å². The molecule has 0 saturated carbocycles. The van der Waals surface area contributed by atoms with Crippen molar-refractivity contribution in [2.45, 2.75) is 19.8 Å². The molecular formula is C6H10N2O2. The summed E-state index contributed by atoms with van der Waals surface area (Å²) in [5, 5.41) is 18.1. The Morgan fingerprint density at radius 3 is 2.70 bits per heavy atom. The Kier molecular flexibility index (Phi) is 4.21. The second kappa shape index (κ2) is 4.74. The minimum atomic E-state index is -0.370. The van der Waals surface area contributed by atoms with Crippen LogP contribution in [0.3, 0.4) is 0 Å². The van der Waals surface area contributed by atoms with Crippen LogP contribution < -0.4 is 0 Å². The molecule has 0 amide bonds. The van der Waals surface area contributed by atoms with Crippen LogP contribution in [0.5, 0.6) is 0 Å². The third-order valence-corrected chi connectivity index (χ3v) is 1.36. The smallest absolute Gasteiger partial charge is 0.207 e. The number of hydrogen-bond acceptors (Lipinski definition) is 3. The summed E-state index contributed by atoms with van der Waals surface area (Å²) < 4.78 is 0. The molecule has 0 aliphatic carbocycles. The largest absolute Gasteiger partial charge is 0.265 e. The zero-order valence-corrected chi connectivity index (χ0v) is 5.91. The molecule has 0 N–H and O–H groups in total. The fourth-order valence-electron chi connectivity index (χ4n) is 0.678. The maximum atomic E-state index is 9.94. The van der Waals surface area contributed by atoms with Crippen molar-refractivity contribution in [1.82, 2.24) is 0 Å². The number of hydrogen-bond donors (Lipinski definition) is 0. The second-order valence-electron chi connectivity index (χ2n) is 2.15. The highest BCUT2D eigenvalue weighted by Gasteiger charge is 2.11. The first-order valence-corrected chi connectivity index (χ1v) is 3.19. The molecule has 0 radical (unpaired) electrons. The van der Waals surface area contributed by atoms with Crippen LogP contribution in [0.15, 0.2) is 0 Å². The molecule has 0 aromatic rings. The van der Waals surface area contributed by atoms with Gasteiger partial charge in [0.05, 0.1) is 6.07 Å². The Labute approximate surface area is 59.6 Å². The van der Waals surface area contributed by atoms with Gasteiger partial charge in [-0.1, -0.05) is 6.92 Å². The SMILES string of the molecule is CCC(CC#N)C[N+](=O)[O-]. The molecule has 0 aliphatic heterocycles. The van der Waals surface area contributed by atoms with Gasteiger partial charge < -0.3 is 0 Å². The van der Waals surface area contributed by atoms with Crippen LogP contribution in [0.2, 0.25) is 0 Å². The molecular weight excluding hydrogens is 132 g/mol. The van der Waals surface area contributed by atoms with Gasteiger partial charge in [0, 0.05) is 17.3 Å². The quantitative estimate of drug-likeness (QED) is 0.437. The summed E-state index contributed by atoms with van der Waals surface area (Å²) in [6.45, 7) is 1.77. The third kappa shape index (κ3) is 3.84. The van der Waals surface area contributed by atoms with Crippen LogP contribution in [-0.2, 0) is 0 Å². The first kappa shape index (κ1) is 8.89. The highest BCUT2D eigenvalue weighted by Crippen LogP contribution is 2.06. The molecule has 1 unspecified atom stereocenters. The van der Waals surface area contributed by atoms with Gasteiger partial charge in [-0.25, -0.2) is 0 Å². The van der Waals surface area contributed by atoms with E-state index in [4.69, 9.17) is 5.26 Å². The van der Waals surface area contributed by atoms with E-state index in [2.05, 4.69) is 0 Å². The number of nitro groups is 1. The summed E-state index contributed by atoms with van der Waals surface area (Å²) in [5.74, 6) is -0.0694. The predicted molar refractivity (Wildman–Crippen MR) is 35.9 cm³/mol. The van der Waals surface area contributed by atoms with Crippen molar-refractivity contribution < 1.29 is 4.92 Å². The van der Waals surface area contributed by atoms with Crippen molar-refractivity contribution in [3.63, 3.8) is 0 Å². The standard InChI is InChI=1S/C6H10N2O2/c1-2-6(3-4-7)5-8(9)10/h6H,2-3,5H2,1H3. The molecule has 0 fully saturated rings. The molecule has 0 aliphatic rings. The van der Waals surface area contributed by atoms with Crippen molar-refractivity contribution in [3.05, 3.63) is 10.1 Å². The predicted octanol–water partition coefficient (Wildman–Crippen LogP) is 1.20. The zero-order chi connectivity index (χ0) is 7.98. The third-order valence-electron chi connectivity index (χ3n) is 1.36. The number of nitriles is 1. The molecule has 0 rings (SSSR count). The lowest BCUT2D eigenvalue weighted by atomic mass is 10.0. The fraction of sp³-hybridized carbons (Fsp3) is 0.833. The highest BCUT2D eigenvalue weighted by atomic mass is 16.6. The Balaban J connectivity index is 3.62. The van der Waals surface area contributed by atoms with Gasteiger partial charge in [-0.3, -0.25) is 10.1 Å². The minimum absolute atomic E-state index is 0.0694. The summed E-state index contributed by atoms with van der Waals surface area (Å²) in [7, 11) is 0. The highest BCUT2D eigenvalue weighted by molar-refractivity contribution is 4.74. The van der Waals surface area contributed by atoms with Gasteiger partial charge in [0.1, 0.15) is 0 Å². The molecule has 0 bridgehead atoms. The summed E-state index contributed by atoms with van der Waals surface area (Å²) in [6.07, 6.45) is 0.992. The maximum absolute atomic E-state index is 9.94. The van der Waals surface area contributed by atoms with Gasteiger partial charge in [-0.2, -0.15) is 5.26 Å². The van der Waals surface area contributed by atoms with Crippen molar-refractivity contribution >= 4 is 0 Å². The average Bonchev–Trinajstić information content (AvgIpc) is 1.86. The van der Waals surface area contributed by atoms with Crippen LogP contribution >= 0.6 is 0 Å². The van der Waals surface area contributed by atoms with E-state index < -0.39 is 0 Å². The summed E-state index contributed by atoms with van der Waals surface area (Å²) in [5.41, 5.74) is 0. The van der Waals surface area contributed by atoms with E-state index >= 15 is 0 Å². The monoisotopic (exact) mass is 142 g/mol. The Morgan fingerprint density at radius 1 is 1.80 bits per heavy atom. The lowest BCUT2D eigenvalue weighted by molar-refractivity contribution is -0.488. The van der Waals surface area contributed by atoms with Gasteiger partial charge in [-0.05, 0) is 6.42 Å². The number of rotatable bonds is 4. The molecule has 0 aromatic heterocycles. The van der Waals surface area contributed by atoms with E-state index in [1.54, 1.807) is 0 Å². The van der Waals surface area contributed by atoms with Crippen LogP contribution in [0, 0.1) is 27.4 Å². The van der Waals surface area contributed by atoms with E-state index in [-0.39, 0.29) is 23.8 Å². The van der Waals surface area contributed by atoms with E-state index in [0.717, 1.165) is 0 Å². The van der Waals surface area contributed by atoms with Gasteiger partial charge in [0.15, 0.2) is 0 Å². The summed E-state index contributed by atoms with van der Waals surface area (Å²) in [6, 6.07) is 1.92. The molecule has 4 heteroatoms. The van der Waals surface area contributed by atoms with Crippen molar-refractivity contribution in [3.8, 4) is 6.07 Å². The number of nitrogens with zero attached hydrogens (tertiary/aromatic N) is 2. The van der Waals surface area contributed by atoms with Gasteiger partial charge in [0.25, 0.3) is 0 Å². The van der Waals surface area contributed by atoms with E-state index in [1.807, 2.05) is 13.0 Å². The Morgan fingerprint density at radius 2 is 2.40 bits per heavy atom. The van der Waals surface area contributed by atoms with E-state index in [9.17, 15) is 10.1 Å².